The SMILES string of the molecule is O=c1cc(C(F)(F)F)c2ccc(NC3CCCC3)cc2[nH]1. The van der Waals surface area contributed by atoms with Crippen molar-refractivity contribution < 1.29 is 13.2 Å². The zero-order chi connectivity index (χ0) is 15.0. The number of hydrogen-bond donors (Lipinski definition) is 2. The first kappa shape index (κ1) is 14.0. The highest BCUT2D eigenvalue weighted by Gasteiger charge is 2.33. The monoisotopic (exact) mass is 296 g/mol. The van der Waals surface area contributed by atoms with Gasteiger partial charge >= 0.3 is 6.18 Å². The summed E-state index contributed by atoms with van der Waals surface area (Å²) in [5, 5.41) is 3.32. The summed E-state index contributed by atoms with van der Waals surface area (Å²) in [6, 6.07) is 5.58. The Labute approximate surface area is 119 Å². The first-order chi connectivity index (χ1) is 9.93. The third kappa shape index (κ3) is 2.89. The highest BCUT2D eigenvalue weighted by Crippen LogP contribution is 2.34. The molecule has 2 N–H and O–H groups in total. The second-order valence-electron chi connectivity index (χ2n) is 5.43. The molecule has 0 bridgehead atoms. The molecule has 112 valence electrons. The average Bonchev–Trinajstić information content (AvgIpc) is 2.89. The summed E-state index contributed by atoms with van der Waals surface area (Å²) in [4.78, 5) is 13.9. The Morgan fingerprint density at radius 3 is 2.52 bits per heavy atom. The van der Waals surface area contributed by atoms with Gasteiger partial charge in [0.2, 0.25) is 5.56 Å². The number of pyridine rings is 1. The molecule has 0 amide bonds. The van der Waals surface area contributed by atoms with E-state index in [2.05, 4.69) is 10.3 Å². The number of rotatable bonds is 2. The summed E-state index contributed by atoms with van der Waals surface area (Å²) in [5.74, 6) is 0. The van der Waals surface area contributed by atoms with Crippen LogP contribution in [-0.4, -0.2) is 11.0 Å². The Kier molecular flexibility index (Phi) is 3.39. The van der Waals surface area contributed by atoms with E-state index in [0.29, 0.717) is 12.1 Å². The molecular formula is C15H15F3N2O. The third-order valence-corrected chi connectivity index (χ3v) is 3.87. The summed E-state index contributed by atoms with van der Waals surface area (Å²) in [6.07, 6.45) is -0.0676. The van der Waals surface area contributed by atoms with E-state index in [1.54, 1.807) is 12.1 Å². The van der Waals surface area contributed by atoms with Crippen molar-refractivity contribution in [3.63, 3.8) is 0 Å². The van der Waals surface area contributed by atoms with Gasteiger partial charge in [-0.05, 0) is 25.0 Å². The zero-order valence-corrected chi connectivity index (χ0v) is 11.3. The lowest BCUT2D eigenvalue weighted by atomic mass is 10.1. The first-order valence-corrected chi connectivity index (χ1v) is 6.94. The molecule has 2 aromatic rings. The van der Waals surface area contributed by atoms with Gasteiger partial charge in [-0.3, -0.25) is 4.79 Å². The molecular weight excluding hydrogens is 281 g/mol. The van der Waals surface area contributed by atoms with Crippen molar-refractivity contribution in [2.75, 3.05) is 5.32 Å². The van der Waals surface area contributed by atoms with Gasteiger partial charge in [0.15, 0.2) is 0 Å². The van der Waals surface area contributed by atoms with Crippen LogP contribution in [0.4, 0.5) is 18.9 Å². The fraction of sp³-hybridized carbons (Fsp3) is 0.400. The lowest BCUT2D eigenvalue weighted by molar-refractivity contribution is -0.136. The van der Waals surface area contributed by atoms with Gasteiger partial charge in [0.25, 0.3) is 0 Å². The number of anilines is 1. The second kappa shape index (κ2) is 5.09. The summed E-state index contributed by atoms with van der Waals surface area (Å²) < 4.78 is 38.9. The number of alkyl halides is 3. The van der Waals surface area contributed by atoms with Gasteiger partial charge in [-0.1, -0.05) is 18.9 Å². The molecule has 3 nitrogen and oxygen atoms in total. The molecule has 0 unspecified atom stereocenters. The summed E-state index contributed by atoms with van der Waals surface area (Å²) in [6.45, 7) is 0. The van der Waals surface area contributed by atoms with Crippen LogP contribution in [0.15, 0.2) is 29.1 Å². The minimum atomic E-state index is -4.53. The maximum atomic E-state index is 13.0. The number of benzene rings is 1. The van der Waals surface area contributed by atoms with Crippen molar-refractivity contribution in [2.45, 2.75) is 37.9 Å². The van der Waals surface area contributed by atoms with Crippen molar-refractivity contribution in [1.82, 2.24) is 4.98 Å². The van der Waals surface area contributed by atoms with Crippen molar-refractivity contribution in [2.24, 2.45) is 0 Å². The lowest BCUT2D eigenvalue weighted by Crippen LogP contribution is -2.16. The molecule has 1 aliphatic rings. The van der Waals surface area contributed by atoms with E-state index in [4.69, 9.17) is 0 Å². The van der Waals surface area contributed by atoms with Gasteiger partial charge in [-0.25, -0.2) is 0 Å². The van der Waals surface area contributed by atoms with Crippen LogP contribution in [0.25, 0.3) is 10.9 Å². The maximum Gasteiger partial charge on any atom is 0.417 e. The minimum absolute atomic E-state index is 0.0130. The fourth-order valence-corrected chi connectivity index (χ4v) is 2.89. The normalized spacial score (nSPS) is 16.5. The minimum Gasteiger partial charge on any atom is -0.382 e. The molecule has 1 fully saturated rings. The molecule has 0 radical (unpaired) electrons. The van der Waals surface area contributed by atoms with Gasteiger partial charge in [0.05, 0.1) is 11.1 Å². The highest BCUT2D eigenvalue weighted by molar-refractivity contribution is 5.85. The molecule has 0 saturated heterocycles. The van der Waals surface area contributed by atoms with Crippen LogP contribution < -0.4 is 10.9 Å². The van der Waals surface area contributed by atoms with E-state index in [0.717, 1.165) is 18.5 Å². The van der Waals surface area contributed by atoms with Gasteiger partial charge in [-0.2, -0.15) is 13.2 Å². The first-order valence-electron chi connectivity index (χ1n) is 6.94. The summed E-state index contributed by atoms with van der Waals surface area (Å²) in [7, 11) is 0. The quantitative estimate of drug-likeness (QED) is 0.882. The van der Waals surface area contributed by atoms with Crippen LogP contribution in [0.5, 0.6) is 0 Å². The van der Waals surface area contributed by atoms with E-state index in [1.165, 1.54) is 18.9 Å². The number of fused-ring (bicyclic) bond motifs is 1. The third-order valence-electron chi connectivity index (χ3n) is 3.87. The van der Waals surface area contributed by atoms with Crippen LogP contribution in [0.1, 0.15) is 31.2 Å². The van der Waals surface area contributed by atoms with E-state index in [1.807, 2.05) is 0 Å². The largest absolute Gasteiger partial charge is 0.417 e. The van der Waals surface area contributed by atoms with E-state index in [-0.39, 0.29) is 10.9 Å². The van der Waals surface area contributed by atoms with Crippen LogP contribution in [0, 0.1) is 0 Å². The number of aromatic amines is 1. The smallest absolute Gasteiger partial charge is 0.382 e. The molecule has 1 aliphatic carbocycles. The predicted octanol–water partition coefficient (Wildman–Crippen LogP) is 3.90. The molecule has 0 atom stereocenters. The van der Waals surface area contributed by atoms with Crippen LogP contribution in [0.2, 0.25) is 0 Å². The Morgan fingerprint density at radius 1 is 1.14 bits per heavy atom. The number of H-pyrrole nitrogens is 1. The standard InChI is InChI=1S/C15H15F3N2O/c16-15(17,18)12-8-14(21)20-13-7-10(5-6-11(12)13)19-9-3-1-2-4-9/h5-9,19H,1-4H2,(H,20,21). The maximum absolute atomic E-state index is 13.0. The average molecular weight is 296 g/mol. The lowest BCUT2D eigenvalue weighted by Gasteiger charge is -2.15. The van der Waals surface area contributed by atoms with Gasteiger partial charge in [0, 0.05) is 23.2 Å². The Hall–Kier alpha value is -1.98. The molecule has 0 spiro atoms. The summed E-state index contributed by atoms with van der Waals surface area (Å²) in [5.41, 5.74) is -0.691. The van der Waals surface area contributed by atoms with Gasteiger partial charge in [-0.15, -0.1) is 0 Å². The molecule has 3 rings (SSSR count). The van der Waals surface area contributed by atoms with Crippen LogP contribution in [-0.2, 0) is 6.18 Å². The zero-order valence-electron chi connectivity index (χ0n) is 11.3. The van der Waals surface area contributed by atoms with Gasteiger partial charge < -0.3 is 10.3 Å². The van der Waals surface area contributed by atoms with Crippen LogP contribution in [0.3, 0.4) is 0 Å². The van der Waals surface area contributed by atoms with Crippen LogP contribution >= 0.6 is 0 Å². The molecule has 1 saturated carbocycles. The van der Waals surface area contributed by atoms with E-state index >= 15 is 0 Å². The van der Waals surface area contributed by atoms with Gasteiger partial charge in [0.1, 0.15) is 0 Å². The molecule has 1 heterocycles. The topological polar surface area (TPSA) is 44.9 Å². The van der Waals surface area contributed by atoms with E-state index < -0.39 is 17.3 Å². The summed E-state index contributed by atoms with van der Waals surface area (Å²) >= 11 is 0. The van der Waals surface area contributed by atoms with Crippen molar-refractivity contribution in [3.8, 4) is 0 Å². The van der Waals surface area contributed by atoms with E-state index in [9.17, 15) is 18.0 Å². The number of nitrogens with one attached hydrogen (secondary N) is 2. The Morgan fingerprint density at radius 2 is 1.86 bits per heavy atom. The fourth-order valence-electron chi connectivity index (χ4n) is 2.89. The van der Waals surface area contributed by atoms with Crippen molar-refractivity contribution >= 4 is 16.6 Å². The molecule has 21 heavy (non-hydrogen) atoms. The predicted molar refractivity (Wildman–Crippen MR) is 75.4 cm³/mol. The second-order valence-corrected chi connectivity index (χ2v) is 5.43. The van der Waals surface area contributed by atoms with Crippen molar-refractivity contribution in [1.29, 1.82) is 0 Å². The molecule has 1 aromatic heterocycles. The number of aromatic nitrogens is 1. The molecule has 1 aromatic carbocycles. The molecule has 0 aliphatic heterocycles. The highest BCUT2D eigenvalue weighted by atomic mass is 19.4. The van der Waals surface area contributed by atoms with Crippen molar-refractivity contribution in [3.05, 3.63) is 40.2 Å². The Balaban J connectivity index is 2.03. The molecule has 6 heteroatoms. The Bertz CT molecular complexity index is 715. The number of halogens is 3. The number of hydrogen-bond acceptors (Lipinski definition) is 2.